The molecule has 148 valence electrons. The van der Waals surface area contributed by atoms with Crippen molar-refractivity contribution < 1.29 is 9.53 Å². The Bertz CT molecular complexity index is 861. The van der Waals surface area contributed by atoms with E-state index >= 15 is 0 Å². The van der Waals surface area contributed by atoms with Crippen molar-refractivity contribution in [2.45, 2.75) is 51.6 Å². The molecule has 0 unspecified atom stereocenters. The van der Waals surface area contributed by atoms with E-state index in [1.165, 1.54) is 0 Å². The molecule has 2 heterocycles. The number of nitriles is 1. The van der Waals surface area contributed by atoms with E-state index in [0.717, 1.165) is 24.8 Å². The van der Waals surface area contributed by atoms with E-state index in [1.54, 1.807) is 4.90 Å². The Kier molecular flexibility index (Phi) is 5.67. The zero-order valence-corrected chi connectivity index (χ0v) is 17.2. The fourth-order valence-electron chi connectivity index (χ4n) is 3.40. The summed E-state index contributed by atoms with van der Waals surface area (Å²) in [6.07, 6.45) is 2.32. The van der Waals surface area contributed by atoms with Gasteiger partial charge in [0.05, 0.1) is 12.1 Å². The molecular weight excluding hydrogens is 378 g/mol. The fourth-order valence-corrected chi connectivity index (χ4v) is 3.62. The largest absolute Gasteiger partial charge is 0.444 e. The third kappa shape index (κ3) is 4.31. The number of carbonyl (C=O) groups is 1. The summed E-state index contributed by atoms with van der Waals surface area (Å²) in [7, 11) is 0. The topological polar surface area (TPSA) is 73.8 Å². The number of amides is 1. The Hall–Kier alpha value is -2.51. The SMILES string of the molecule is [C-]#[N+]c1c(N2CCCN(C(=O)OC(C)(C)C)CC2)nc(Cl)c(C#N)c1C1CC1. The van der Waals surface area contributed by atoms with Crippen LogP contribution < -0.4 is 4.90 Å². The van der Waals surface area contributed by atoms with Crippen molar-refractivity contribution in [1.29, 1.82) is 5.26 Å². The Morgan fingerprint density at radius 3 is 2.61 bits per heavy atom. The lowest BCUT2D eigenvalue weighted by molar-refractivity contribution is 0.0263. The van der Waals surface area contributed by atoms with E-state index < -0.39 is 5.60 Å². The van der Waals surface area contributed by atoms with Gasteiger partial charge in [0.1, 0.15) is 22.6 Å². The molecular formula is C20H24ClN5O2. The van der Waals surface area contributed by atoms with Crippen LogP contribution in [0.1, 0.15) is 57.1 Å². The van der Waals surface area contributed by atoms with Gasteiger partial charge in [-0.25, -0.2) is 14.6 Å². The van der Waals surface area contributed by atoms with Crippen molar-refractivity contribution >= 4 is 29.2 Å². The third-order valence-corrected chi connectivity index (χ3v) is 5.08. The molecule has 0 N–H and O–H groups in total. The Morgan fingerprint density at radius 2 is 2.04 bits per heavy atom. The summed E-state index contributed by atoms with van der Waals surface area (Å²) >= 11 is 6.30. The van der Waals surface area contributed by atoms with Crippen LogP contribution in [0.5, 0.6) is 0 Å². The molecule has 3 rings (SSSR count). The molecule has 8 heteroatoms. The van der Waals surface area contributed by atoms with Gasteiger partial charge >= 0.3 is 6.09 Å². The summed E-state index contributed by atoms with van der Waals surface area (Å²) in [5.74, 6) is 0.732. The predicted molar refractivity (Wildman–Crippen MR) is 107 cm³/mol. The lowest BCUT2D eigenvalue weighted by Gasteiger charge is -2.27. The molecule has 28 heavy (non-hydrogen) atoms. The number of anilines is 1. The third-order valence-electron chi connectivity index (χ3n) is 4.80. The quantitative estimate of drug-likeness (QED) is 0.539. The van der Waals surface area contributed by atoms with Crippen LogP contribution in [0.2, 0.25) is 5.15 Å². The second-order valence-corrected chi connectivity index (χ2v) is 8.53. The van der Waals surface area contributed by atoms with E-state index in [0.29, 0.717) is 43.2 Å². The van der Waals surface area contributed by atoms with Crippen LogP contribution in [0, 0.1) is 17.9 Å². The summed E-state index contributed by atoms with van der Waals surface area (Å²) in [6.45, 7) is 15.5. The first-order valence-corrected chi connectivity index (χ1v) is 9.86. The van der Waals surface area contributed by atoms with E-state index in [4.69, 9.17) is 22.9 Å². The van der Waals surface area contributed by atoms with Crippen LogP contribution in [0.4, 0.5) is 16.3 Å². The summed E-state index contributed by atoms with van der Waals surface area (Å²) in [6, 6.07) is 2.12. The molecule has 0 bridgehead atoms. The molecule has 1 saturated carbocycles. The van der Waals surface area contributed by atoms with Crippen molar-refractivity contribution in [1.82, 2.24) is 9.88 Å². The van der Waals surface area contributed by atoms with E-state index in [9.17, 15) is 10.1 Å². The number of nitrogens with zero attached hydrogens (tertiary/aromatic N) is 5. The molecule has 0 atom stereocenters. The summed E-state index contributed by atoms with van der Waals surface area (Å²) in [4.78, 5) is 24.2. The molecule has 1 saturated heterocycles. The van der Waals surface area contributed by atoms with Gasteiger partial charge in [-0.3, -0.25) is 0 Å². The molecule has 1 amide bonds. The lowest BCUT2D eigenvalue weighted by atomic mass is 10.0. The Labute approximate surface area is 170 Å². The highest BCUT2D eigenvalue weighted by molar-refractivity contribution is 6.31. The number of ether oxygens (including phenoxy) is 1. The number of halogens is 1. The maximum atomic E-state index is 12.4. The van der Waals surface area contributed by atoms with Crippen molar-refractivity contribution in [3.05, 3.63) is 27.7 Å². The zero-order valence-electron chi connectivity index (χ0n) is 16.5. The monoisotopic (exact) mass is 401 g/mol. The van der Waals surface area contributed by atoms with Gasteiger partial charge in [-0.15, -0.1) is 0 Å². The first kappa shape index (κ1) is 20.2. The average Bonchev–Trinajstić information content (AvgIpc) is 3.45. The van der Waals surface area contributed by atoms with Crippen molar-refractivity contribution in [3.63, 3.8) is 0 Å². The number of hydrogen-bond acceptors (Lipinski definition) is 5. The average molecular weight is 402 g/mol. The van der Waals surface area contributed by atoms with Crippen LogP contribution >= 0.6 is 11.6 Å². The fraction of sp³-hybridized carbons (Fsp3) is 0.600. The first-order valence-electron chi connectivity index (χ1n) is 9.49. The molecule has 0 radical (unpaired) electrons. The minimum Gasteiger partial charge on any atom is -0.444 e. The molecule has 2 fully saturated rings. The van der Waals surface area contributed by atoms with Crippen LogP contribution in [0.3, 0.4) is 0 Å². The molecule has 2 aliphatic rings. The summed E-state index contributed by atoms with van der Waals surface area (Å²) in [5.41, 5.74) is 0.945. The van der Waals surface area contributed by atoms with Crippen LogP contribution in [-0.4, -0.2) is 47.8 Å². The smallest absolute Gasteiger partial charge is 0.410 e. The van der Waals surface area contributed by atoms with Gasteiger partial charge in [-0.2, -0.15) is 5.26 Å². The summed E-state index contributed by atoms with van der Waals surface area (Å²) in [5, 5.41) is 9.63. The second kappa shape index (κ2) is 7.85. The van der Waals surface area contributed by atoms with Crippen LogP contribution in [0.15, 0.2) is 0 Å². The van der Waals surface area contributed by atoms with Crippen molar-refractivity contribution in [2.75, 3.05) is 31.1 Å². The predicted octanol–water partition coefficient (Wildman–Crippen LogP) is 4.48. The first-order chi connectivity index (χ1) is 13.2. The van der Waals surface area contributed by atoms with Gasteiger partial charge in [0.25, 0.3) is 0 Å². The highest BCUT2D eigenvalue weighted by Gasteiger charge is 2.34. The minimum atomic E-state index is -0.540. The maximum Gasteiger partial charge on any atom is 0.410 e. The molecule has 0 spiro atoms. The normalized spacial score (nSPS) is 17.5. The highest BCUT2D eigenvalue weighted by atomic mass is 35.5. The van der Waals surface area contributed by atoms with E-state index in [2.05, 4.69) is 15.9 Å². The number of pyridine rings is 1. The van der Waals surface area contributed by atoms with Gasteiger partial charge in [0.15, 0.2) is 0 Å². The maximum absolute atomic E-state index is 12.4. The van der Waals surface area contributed by atoms with E-state index in [-0.39, 0.29) is 17.2 Å². The van der Waals surface area contributed by atoms with Crippen LogP contribution in [-0.2, 0) is 4.74 Å². The Balaban J connectivity index is 1.86. The molecule has 1 aromatic heterocycles. The van der Waals surface area contributed by atoms with Gasteiger partial charge in [-0.05, 0) is 51.5 Å². The lowest BCUT2D eigenvalue weighted by Crippen LogP contribution is -2.39. The zero-order chi connectivity index (χ0) is 20.5. The van der Waals surface area contributed by atoms with E-state index in [1.807, 2.05) is 25.7 Å². The second-order valence-electron chi connectivity index (χ2n) is 8.17. The molecule has 1 aliphatic heterocycles. The number of aromatic nitrogens is 1. The van der Waals surface area contributed by atoms with Gasteiger partial charge in [0, 0.05) is 26.2 Å². The number of rotatable bonds is 2. The van der Waals surface area contributed by atoms with Gasteiger partial charge in [-0.1, -0.05) is 11.6 Å². The van der Waals surface area contributed by atoms with Crippen molar-refractivity contribution in [2.24, 2.45) is 0 Å². The number of carbonyl (C=O) groups excluding carboxylic acids is 1. The molecule has 1 aliphatic carbocycles. The van der Waals surface area contributed by atoms with Gasteiger partial charge in [0.2, 0.25) is 5.69 Å². The van der Waals surface area contributed by atoms with Crippen LogP contribution in [0.25, 0.3) is 4.85 Å². The highest BCUT2D eigenvalue weighted by Crippen LogP contribution is 2.50. The Morgan fingerprint density at radius 1 is 1.32 bits per heavy atom. The minimum absolute atomic E-state index is 0.153. The summed E-state index contributed by atoms with van der Waals surface area (Å²) < 4.78 is 5.47. The number of hydrogen-bond donors (Lipinski definition) is 0. The standard InChI is InChI=1S/C20H24ClN5O2/c1-20(2,3)28-19(27)26-9-5-8-25(10-11-26)18-16(23-4)15(13-6-7-13)14(12-22)17(21)24-18/h13H,5-11H2,1-3H3. The molecule has 0 aromatic carbocycles. The van der Waals surface area contributed by atoms with Crippen molar-refractivity contribution in [3.8, 4) is 6.07 Å². The van der Waals surface area contributed by atoms with Gasteiger partial charge < -0.3 is 14.5 Å². The molecule has 7 nitrogen and oxygen atoms in total. The molecule has 1 aromatic rings.